The molecule has 0 unspecified atom stereocenters. The van der Waals surface area contributed by atoms with E-state index in [1.807, 2.05) is 0 Å². The molecule has 1 heterocycles. The van der Waals surface area contributed by atoms with Crippen LogP contribution in [0.1, 0.15) is 21.6 Å². The van der Waals surface area contributed by atoms with Gasteiger partial charge in [-0.05, 0) is 42.8 Å². The number of benzene rings is 1. The van der Waals surface area contributed by atoms with E-state index in [1.54, 1.807) is 25.3 Å². The highest BCUT2D eigenvalue weighted by molar-refractivity contribution is 6.30. The number of pyridine rings is 1. The second-order valence-electron chi connectivity index (χ2n) is 3.97. The van der Waals surface area contributed by atoms with Crippen LogP contribution in [0, 0.1) is 12.7 Å². The number of hydrogen-bond acceptors (Lipinski definition) is 2. The van der Waals surface area contributed by atoms with Crippen LogP contribution >= 0.6 is 11.6 Å². The van der Waals surface area contributed by atoms with Crippen LogP contribution < -0.4 is 0 Å². The summed E-state index contributed by atoms with van der Waals surface area (Å²) in [6, 6.07) is 7.57. The lowest BCUT2D eigenvalue weighted by Gasteiger charge is -2.05. The molecule has 92 valence electrons. The van der Waals surface area contributed by atoms with Gasteiger partial charge in [0.1, 0.15) is 5.82 Å². The molecule has 18 heavy (non-hydrogen) atoms. The highest BCUT2D eigenvalue weighted by atomic mass is 35.5. The molecule has 0 aliphatic rings. The third-order valence-corrected chi connectivity index (χ3v) is 2.90. The zero-order valence-electron chi connectivity index (χ0n) is 9.78. The summed E-state index contributed by atoms with van der Waals surface area (Å²) >= 11 is 5.79. The van der Waals surface area contributed by atoms with E-state index in [-0.39, 0.29) is 12.2 Å². The molecule has 0 amide bonds. The van der Waals surface area contributed by atoms with Gasteiger partial charge < -0.3 is 0 Å². The molecule has 2 rings (SSSR count). The van der Waals surface area contributed by atoms with Gasteiger partial charge in [-0.3, -0.25) is 9.78 Å². The Morgan fingerprint density at radius 2 is 2.17 bits per heavy atom. The van der Waals surface area contributed by atoms with Crippen LogP contribution in [0.5, 0.6) is 0 Å². The Kier molecular flexibility index (Phi) is 3.72. The Hall–Kier alpha value is -1.74. The molecule has 2 aromatic rings. The molecule has 0 aliphatic heterocycles. The first-order valence-corrected chi connectivity index (χ1v) is 5.84. The number of hydrogen-bond donors (Lipinski definition) is 0. The predicted molar refractivity (Wildman–Crippen MR) is 68.4 cm³/mol. The van der Waals surface area contributed by atoms with Gasteiger partial charge in [0.15, 0.2) is 5.78 Å². The maximum atomic E-state index is 13.5. The Bertz CT molecular complexity index is 598. The van der Waals surface area contributed by atoms with Crippen molar-refractivity contribution in [3.63, 3.8) is 0 Å². The minimum atomic E-state index is -0.422. The van der Waals surface area contributed by atoms with E-state index >= 15 is 0 Å². The molecule has 0 saturated heterocycles. The zero-order chi connectivity index (χ0) is 13.1. The second-order valence-corrected chi connectivity index (χ2v) is 4.41. The molecule has 1 aromatic heterocycles. The van der Waals surface area contributed by atoms with Gasteiger partial charge in [-0.15, -0.1) is 0 Å². The first kappa shape index (κ1) is 12.7. The van der Waals surface area contributed by atoms with Gasteiger partial charge >= 0.3 is 0 Å². The van der Waals surface area contributed by atoms with E-state index in [1.165, 1.54) is 18.2 Å². The van der Waals surface area contributed by atoms with Gasteiger partial charge in [0, 0.05) is 28.9 Å². The molecule has 0 radical (unpaired) electrons. The van der Waals surface area contributed by atoms with Gasteiger partial charge in [0.2, 0.25) is 0 Å². The van der Waals surface area contributed by atoms with E-state index < -0.39 is 5.82 Å². The van der Waals surface area contributed by atoms with E-state index in [2.05, 4.69) is 4.98 Å². The van der Waals surface area contributed by atoms with E-state index in [0.717, 1.165) is 0 Å². The third-order valence-electron chi connectivity index (χ3n) is 2.67. The number of carbonyl (C=O) groups excluding carboxylic acids is 1. The fourth-order valence-corrected chi connectivity index (χ4v) is 1.92. The van der Waals surface area contributed by atoms with Crippen molar-refractivity contribution in [2.24, 2.45) is 0 Å². The molecule has 0 aliphatic carbocycles. The van der Waals surface area contributed by atoms with Crippen LogP contribution in [0.25, 0.3) is 0 Å². The molecule has 0 saturated carbocycles. The highest BCUT2D eigenvalue weighted by Crippen LogP contribution is 2.17. The Balaban J connectivity index is 2.27. The largest absolute Gasteiger partial charge is 0.294 e. The van der Waals surface area contributed by atoms with Crippen LogP contribution in [-0.2, 0) is 6.42 Å². The molecule has 0 bridgehead atoms. The molecule has 2 nitrogen and oxygen atoms in total. The maximum Gasteiger partial charge on any atom is 0.169 e. The summed E-state index contributed by atoms with van der Waals surface area (Å²) in [5.74, 6) is -0.587. The molecule has 4 heteroatoms. The SMILES string of the molecule is Cc1ncccc1C(=O)Cc1cc(Cl)ccc1F. The first-order chi connectivity index (χ1) is 8.58. The van der Waals surface area contributed by atoms with Crippen molar-refractivity contribution in [3.8, 4) is 0 Å². The topological polar surface area (TPSA) is 30.0 Å². The van der Waals surface area contributed by atoms with Gasteiger partial charge in [0.05, 0.1) is 0 Å². The number of carbonyl (C=O) groups is 1. The normalized spacial score (nSPS) is 10.4. The number of ketones is 1. The molecular weight excluding hydrogens is 253 g/mol. The third kappa shape index (κ3) is 2.74. The van der Waals surface area contributed by atoms with Crippen molar-refractivity contribution in [1.29, 1.82) is 0 Å². The average Bonchev–Trinajstić information content (AvgIpc) is 2.34. The van der Waals surface area contributed by atoms with Crippen molar-refractivity contribution < 1.29 is 9.18 Å². The molecule has 0 N–H and O–H groups in total. The minimum Gasteiger partial charge on any atom is -0.294 e. The fourth-order valence-electron chi connectivity index (χ4n) is 1.73. The Morgan fingerprint density at radius 3 is 2.89 bits per heavy atom. The van der Waals surface area contributed by atoms with Gasteiger partial charge in [0.25, 0.3) is 0 Å². The number of nitrogens with zero attached hydrogens (tertiary/aromatic N) is 1. The van der Waals surface area contributed by atoms with Gasteiger partial charge in [-0.2, -0.15) is 0 Å². The number of aromatic nitrogens is 1. The minimum absolute atomic E-state index is 0.0150. The zero-order valence-corrected chi connectivity index (χ0v) is 10.5. The van der Waals surface area contributed by atoms with Crippen LogP contribution in [0.15, 0.2) is 36.5 Å². The summed E-state index contributed by atoms with van der Waals surface area (Å²) < 4.78 is 13.5. The van der Waals surface area contributed by atoms with Gasteiger partial charge in [-0.25, -0.2) is 4.39 Å². The lowest BCUT2D eigenvalue weighted by molar-refractivity contribution is 0.0991. The maximum absolute atomic E-state index is 13.5. The Labute approximate surface area is 109 Å². The summed E-state index contributed by atoms with van der Waals surface area (Å²) in [4.78, 5) is 16.1. The van der Waals surface area contributed by atoms with Crippen molar-refractivity contribution in [3.05, 3.63) is 64.2 Å². The first-order valence-electron chi connectivity index (χ1n) is 5.46. The van der Waals surface area contributed by atoms with Crippen molar-refractivity contribution in [2.45, 2.75) is 13.3 Å². The number of rotatable bonds is 3. The van der Waals surface area contributed by atoms with E-state index in [0.29, 0.717) is 21.8 Å². The average molecular weight is 264 g/mol. The predicted octanol–water partition coefficient (Wildman–Crippen LogP) is 3.61. The number of Topliss-reactive ketones (excluding diaryl/α,β-unsaturated/α-hetero) is 1. The Morgan fingerprint density at radius 1 is 1.39 bits per heavy atom. The van der Waals surface area contributed by atoms with Crippen LogP contribution in [-0.4, -0.2) is 10.8 Å². The standard InChI is InChI=1S/C14H11ClFNO/c1-9-12(3-2-6-17-9)14(18)8-10-7-11(15)4-5-13(10)16/h2-7H,8H2,1H3. The highest BCUT2D eigenvalue weighted by Gasteiger charge is 2.13. The molecule has 0 spiro atoms. The summed E-state index contributed by atoms with van der Waals surface area (Å²) in [6.45, 7) is 1.75. The number of halogens is 2. The van der Waals surface area contributed by atoms with E-state index in [4.69, 9.17) is 11.6 Å². The summed E-state index contributed by atoms with van der Waals surface area (Å²) in [5.41, 5.74) is 1.46. The van der Waals surface area contributed by atoms with Crippen LogP contribution in [0.2, 0.25) is 5.02 Å². The van der Waals surface area contributed by atoms with Crippen LogP contribution in [0.3, 0.4) is 0 Å². The summed E-state index contributed by atoms with van der Waals surface area (Å²) in [6.07, 6.45) is 1.60. The quantitative estimate of drug-likeness (QED) is 0.792. The smallest absolute Gasteiger partial charge is 0.169 e. The van der Waals surface area contributed by atoms with Crippen molar-refractivity contribution in [2.75, 3.05) is 0 Å². The lowest BCUT2D eigenvalue weighted by Crippen LogP contribution is -2.07. The summed E-state index contributed by atoms with van der Waals surface area (Å²) in [5, 5.41) is 0.419. The number of aryl methyl sites for hydroxylation is 1. The lowest BCUT2D eigenvalue weighted by atomic mass is 10.0. The summed E-state index contributed by atoms with van der Waals surface area (Å²) in [7, 11) is 0. The van der Waals surface area contributed by atoms with E-state index in [9.17, 15) is 9.18 Å². The molecule has 0 fully saturated rings. The van der Waals surface area contributed by atoms with Crippen molar-refractivity contribution >= 4 is 17.4 Å². The fraction of sp³-hybridized carbons (Fsp3) is 0.143. The second kappa shape index (κ2) is 5.27. The monoisotopic (exact) mass is 263 g/mol. The van der Waals surface area contributed by atoms with Crippen LogP contribution in [0.4, 0.5) is 4.39 Å². The molecular formula is C14H11ClFNO. The van der Waals surface area contributed by atoms with Crippen molar-refractivity contribution in [1.82, 2.24) is 4.98 Å². The molecule has 1 aromatic carbocycles. The molecule has 0 atom stereocenters. The van der Waals surface area contributed by atoms with Gasteiger partial charge in [-0.1, -0.05) is 11.6 Å².